The first-order chi connectivity index (χ1) is 14.6. The molecule has 0 radical (unpaired) electrons. The van der Waals surface area contributed by atoms with Crippen LogP contribution in [0, 0.1) is 11.3 Å². The van der Waals surface area contributed by atoms with Gasteiger partial charge in [0.1, 0.15) is 0 Å². The van der Waals surface area contributed by atoms with Gasteiger partial charge in [-0.3, -0.25) is 0 Å². The van der Waals surface area contributed by atoms with Gasteiger partial charge < -0.3 is 0 Å². The Labute approximate surface area is 180 Å². The Morgan fingerprint density at radius 3 is 2.52 bits per heavy atom. The van der Waals surface area contributed by atoms with Gasteiger partial charge in [-0.1, -0.05) is 0 Å². The van der Waals surface area contributed by atoms with Crippen LogP contribution in [0.15, 0.2) is 21.9 Å². The third-order valence-corrected chi connectivity index (χ3v) is 7.69. The number of nitriles is 1. The summed E-state index contributed by atoms with van der Waals surface area (Å²) < 4.78 is 19.8. The number of nitrogens with zero attached hydrogens (tertiary/aromatic N) is 3. The summed E-state index contributed by atoms with van der Waals surface area (Å²) in [5, 5.41) is 29.5. The van der Waals surface area contributed by atoms with Gasteiger partial charge in [0.2, 0.25) is 0 Å². The minimum absolute atomic E-state index is 0.0191. The average molecular weight is 462 g/mol. The Hall–Kier alpha value is -1.68. The van der Waals surface area contributed by atoms with Crippen molar-refractivity contribution in [1.29, 1.82) is 5.26 Å². The van der Waals surface area contributed by atoms with Gasteiger partial charge in [-0.15, -0.1) is 0 Å². The molecule has 0 amide bonds. The van der Waals surface area contributed by atoms with E-state index in [1.807, 2.05) is 33.8 Å². The van der Waals surface area contributed by atoms with Crippen LogP contribution in [0.25, 0.3) is 0 Å². The van der Waals surface area contributed by atoms with Crippen molar-refractivity contribution in [2.75, 3.05) is 13.2 Å². The molecule has 13 heteroatoms. The number of H-pyrrole nitrogens is 1. The molecule has 1 aromatic rings. The van der Waals surface area contributed by atoms with E-state index in [2.05, 4.69) is 4.98 Å². The van der Waals surface area contributed by atoms with Crippen molar-refractivity contribution < 1.29 is 28.9 Å². The van der Waals surface area contributed by atoms with Crippen molar-refractivity contribution in [3.05, 3.63) is 33.1 Å². The van der Waals surface area contributed by atoms with E-state index in [1.54, 1.807) is 4.67 Å². The number of aliphatic hydroxyl groups is 2. The molecule has 4 atom stereocenters. The number of nitrogens with one attached hydrogen (secondary N) is 1. The van der Waals surface area contributed by atoms with E-state index < -0.39 is 50.5 Å². The number of aromatic amines is 1. The molecule has 4 N–H and O–H groups in total. The van der Waals surface area contributed by atoms with Crippen molar-refractivity contribution in [3.8, 4) is 6.07 Å². The quantitative estimate of drug-likeness (QED) is 0.265. The van der Waals surface area contributed by atoms with Gasteiger partial charge in [-0.05, 0) is 0 Å². The van der Waals surface area contributed by atoms with E-state index in [4.69, 9.17) is 19.0 Å². The Balaban J connectivity index is 2.38. The number of aliphatic hydroxyl groups excluding tert-OH is 2. The maximum atomic E-state index is 12.1. The fraction of sp³-hybridized carbons (Fsp3) is 0.722. The molecular formula is C18H31N4O8P. The molecule has 1 aliphatic heterocycles. The zero-order chi connectivity index (χ0) is 23.3. The van der Waals surface area contributed by atoms with Crippen LogP contribution in [-0.4, -0.2) is 72.9 Å². The summed E-state index contributed by atoms with van der Waals surface area (Å²) in [6.07, 6.45) is -3.89. The van der Waals surface area contributed by atoms with Gasteiger partial charge in [0.05, 0.1) is 0 Å². The zero-order valence-electron chi connectivity index (χ0n) is 18.0. The molecule has 0 aromatic carbocycles. The van der Waals surface area contributed by atoms with Crippen LogP contribution < -0.4 is 11.2 Å². The topological polar surface area (TPSA) is 170 Å². The van der Waals surface area contributed by atoms with Crippen LogP contribution in [-0.2, 0) is 13.8 Å². The summed E-state index contributed by atoms with van der Waals surface area (Å²) in [4.78, 5) is 37.0. The number of ether oxygens (including phenoxy) is 1. The van der Waals surface area contributed by atoms with Gasteiger partial charge in [0, 0.05) is 0 Å². The Morgan fingerprint density at radius 1 is 1.35 bits per heavy atom. The molecule has 1 aliphatic rings. The van der Waals surface area contributed by atoms with Crippen LogP contribution >= 0.6 is 8.09 Å². The molecule has 12 nitrogen and oxygen atoms in total. The first-order valence-corrected chi connectivity index (χ1v) is 11.7. The van der Waals surface area contributed by atoms with E-state index in [-0.39, 0.29) is 25.1 Å². The van der Waals surface area contributed by atoms with Crippen molar-refractivity contribution >= 4 is 8.09 Å². The summed E-state index contributed by atoms with van der Waals surface area (Å²) in [7, 11) is -4.17. The standard InChI is InChI=1S/C18H31N4O8P/c1-11(2)22(12(3)4)31(27,28-9-5-7-19)30-16-13(10-23)29-17(15(16)25)21-8-6-14(24)20-18(21)26/h6,8,11-13,15-17,23,25,27,31H,5,9-10H2,1-4H3,(H,20,24,26)/t13-,15-,16-,17-/m1/s1. The number of rotatable bonds is 10. The van der Waals surface area contributed by atoms with Crippen LogP contribution in [0.1, 0.15) is 40.3 Å². The molecule has 0 unspecified atom stereocenters. The molecule has 1 saturated heterocycles. The molecule has 31 heavy (non-hydrogen) atoms. The molecule has 2 heterocycles. The molecule has 2 rings (SSSR count). The Bertz CT molecular complexity index is 876. The predicted octanol–water partition coefficient (Wildman–Crippen LogP) is -0.376. The number of hydrogen-bond donors (Lipinski definition) is 4. The minimum atomic E-state index is -4.17. The van der Waals surface area contributed by atoms with Gasteiger partial charge in [-0.2, -0.15) is 0 Å². The molecule has 0 aliphatic carbocycles. The SMILES string of the molecule is CC(C)N(C(C)C)[PH](O)(OCCC#N)O[C@H]1[C@@H](O)[C@H](n2ccc(=O)[nH]c2=O)O[C@@H]1CO. The second-order valence-corrected chi connectivity index (χ2v) is 9.88. The number of hydrogen-bond acceptors (Lipinski definition) is 10. The van der Waals surface area contributed by atoms with Gasteiger partial charge in [-0.25, -0.2) is 0 Å². The fourth-order valence-electron chi connectivity index (χ4n) is 3.69. The van der Waals surface area contributed by atoms with Crippen molar-refractivity contribution in [2.24, 2.45) is 0 Å². The van der Waals surface area contributed by atoms with Crippen LogP contribution in [0.2, 0.25) is 0 Å². The first-order valence-electron chi connectivity index (χ1n) is 10.0. The van der Waals surface area contributed by atoms with Crippen LogP contribution in [0.4, 0.5) is 0 Å². The van der Waals surface area contributed by atoms with Crippen molar-refractivity contribution in [1.82, 2.24) is 14.2 Å². The zero-order valence-corrected chi connectivity index (χ0v) is 19.0. The second-order valence-electron chi connectivity index (χ2n) is 7.74. The Kier molecular flexibility index (Phi) is 8.88. The molecule has 1 aromatic heterocycles. The first kappa shape index (κ1) is 25.6. The average Bonchev–Trinajstić information content (AvgIpc) is 2.97. The summed E-state index contributed by atoms with van der Waals surface area (Å²) >= 11 is 0. The number of aromatic nitrogens is 2. The van der Waals surface area contributed by atoms with E-state index in [1.165, 1.54) is 0 Å². The Morgan fingerprint density at radius 2 is 2.00 bits per heavy atom. The molecule has 1 fully saturated rings. The third-order valence-electron chi connectivity index (χ3n) is 4.85. The van der Waals surface area contributed by atoms with Crippen LogP contribution in [0.3, 0.4) is 0 Å². The van der Waals surface area contributed by atoms with E-state index in [9.17, 15) is 24.7 Å². The molecule has 0 spiro atoms. The molecule has 176 valence electrons. The molecular weight excluding hydrogens is 431 g/mol. The summed E-state index contributed by atoms with van der Waals surface area (Å²) in [5.74, 6) is 0. The summed E-state index contributed by atoms with van der Waals surface area (Å²) in [6.45, 7) is 6.69. The summed E-state index contributed by atoms with van der Waals surface area (Å²) in [5.41, 5.74) is -1.42. The van der Waals surface area contributed by atoms with Gasteiger partial charge in [0.25, 0.3) is 0 Å². The molecule has 0 saturated carbocycles. The predicted molar refractivity (Wildman–Crippen MR) is 112 cm³/mol. The maximum absolute atomic E-state index is 12.1. The van der Waals surface area contributed by atoms with E-state index >= 15 is 0 Å². The van der Waals surface area contributed by atoms with E-state index in [0.29, 0.717) is 0 Å². The normalized spacial score (nSPS) is 24.8. The molecule has 0 bridgehead atoms. The third kappa shape index (κ3) is 5.77. The van der Waals surface area contributed by atoms with E-state index in [0.717, 1.165) is 16.8 Å². The second kappa shape index (κ2) is 10.8. The van der Waals surface area contributed by atoms with Gasteiger partial charge >= 0.3 is 180 Å². The fourth-order valence-corrected chi connectivity index (χ4v) is 6.35. The van der Waals surface area contributed by atoms with Crippen molar-refractivity contribution in [3.63, 3.8) is 0 Å². The van der Waals surface area contributed by atoms with Gasteiger partial charge in [0.15, 0.2) is 0 Å². The summed E-state index contributed by atoms with van der Waals surface area (Å²) in [6, 6.07) is 2.61. The van der Waals surface area contributed by atoms with Crippen molar-refractivity contribution in [2.45, 2.75) is 70.7 Å². The monoisotopic (exact) mass is 462 g/mol. The van der Waals surface area contributed by atoms with Crippen LogP contribution in [0.5, 0.6) is 0 Å².